The van der Waals surface area contributed by atoms with Crippen LogP contribution in [0.3, 0.4) is 0 Å². The maximum atomic E-state index is 13.4. The van der Waals surface area contributed by atoms with Crippen molar-refractivity contribution in [2.75, 3.05) is 13.1 Å². The fraction of sp³-hybridized carbons (Fsp3) is 0.517. The van der Waals surface area contributed by atoms with E-state index in [1.165, 1.54) is 6.42 Å². The first-order valence-electron chi connectivity index (χ1n) is 12.4. The van der Waals surface area contributed by atoms with Crippen molar-refractivity contribution < 1.29 is 14.7 Å². The second kappa shape index (κ2) is 11.5. The molecule has 0 aromatic heterocycles. The molecule has 0 aliphatic carbocycles. The fourth-order valence-corrected chi connectivity index (χ4v) is 5.17. The van der Waals surface area contributed by atoms with Crippen LogP contribution in [0.4, 0.5) is 0 Å². The van der Waals surface area contributed by atoms with E-state index in [-0.39, 0.29) is 18.2 Å². The van der Waals surface area contributed by atoms with E-state index in [1.807, 2.05) is 53.4 Å². The van der Waals surface area contributed by atoms with E-state index in [2.05, 4.69) is 27.7 Å². The number of amides is 1. The summed E-state index contributed by atoms with van der Waals surface area (Å²) in [7, 11) is 0. The summed E-state index contributed by atoms with van der Waals surface area (Å²) in [6.07, 6.45) is 4.21. The Morgan fingerprint density at radius 1 is 0.970 bits per heavy atom. The number of nitrogens with zero attached hydrogens (tertiary/aromatic N) is 1. The minimum absolute atomic E-state index is 0.00729. The van der Waals surface area contributed by atoms with Gasteiger partial charge in [-0.2, -0.15) is 0 Å². The number of carboxylic acids is 1. The van der Waals surface area contributed by atoms with Gasteiger partial charge >= 0.3 is 5.97 Å². The molecule has 0 saturated carbocycles. The summed E-state index contributed by atoms with van der Waals surface area (Å²) in [5.74, 6) is 0.794. The molecule has 1 fully saturated rings. The Morgan fingerprint density at radius 2 is 1.64 bits per heavy atom. The van der Waals surface area contributed by atoms with Gasteiger partial charge in [-0.1, -0.05) is 64.1 Å². The van der Waals surface area contributed by atoms with Gasteiger partial charge < -0.3 is 10.0 Å². The molecule has 33 heavy (non-hydrogen) atoms. The summed E-state index contributed by atoms with van der Waals surface area (Å²) in [5.41, 5.74) is 3.75. The number of benzene rings is 2. The van der Waals surface area contributed by atoms with Crippen molar-refractivity contribution in [2.24, 2.45) is 17.8 Å². The van der Waals surface area contributed by atoms with Crippen molar-refractivity contribution in [3.63, 3.8) is 0 Å². The Hall–Kier alpha value is -2.62. The van der Waals surface area contributed by atoms with Crippen LogP contribution >= 0.6 is 0 Å². The SMILES string of the molecule is CC(C)Cc1ccc(C(=O)N2CCC(CC(C)C)CC2)cc1C(CC(=O)O)c1ccccc1. The molecule has 1 unspecified atom stereocenters. The van der Waals surface area contributed by atoms with Gasteiger partial charge in [-0.3, -0.25) is 9.59 Å². The highest BCUT2D eigenvalue weighted by atomic mass is 16.4. The molecule has 3 rings (SSSR count). The molecular formula is C29H39NO3. The Labute approximate surface area is 199 Å². The number of rotatable bonds is 9. The van der Waals surface area contributed by atoms with E-state index in [4.69, 9.17) is 0 Å². The van der Waals surface area contributed by atoms with Crippen LogP contribution in [0.2, 0.25) is 0 Å². The number of likely N-dealkylation sites (tertiary alicyclic amines) is 1. The van der Waals surface area contributed by atoms with Gasteiger partial charge in [-0.05, 0) is 72.3 Å². The zero-order valence-electron chi connectivity index (χ0n) is 20.6. The third kappa shape index (κ3) is 6.93. The average molecular weight is 450 g/mol. The van der Waals surface area contributed by atoms with E-state index in [0.29, 0.717) is 23.3 Å². The molecule has 2 aromatic carbocycles. The summed E-state index contributed by atoms with van der Waals surface area (Å²) in [6, 6.07) is 15.8. The summed E-state index contributed by atoms with van der Waals surface area (Å²) < 4.78 is 0. The van der Waals surface area contributed by atoms with Crippen LogP contribution in [0.25, 0.3) is 0 Å². The van der Waals surface area contributed by atoms with Crippen LogP contribution in [0, 0.1) is 17.8 Å². The second-order valence-corrected chi connectivity index (χ2v) is 10.4. The molecule has 0 bridgehead atoms. The first-order chi connectivity index (χ1) is 15.7. The monoisotopic (exact) mass is 449 g/mol. The Morgan fingerprint density at radius 3 is 2.21 bits per heavy atom. The van der Waals surface area contributed by atoms with Crippen LogP contribution in [-0.4, -0.2) is 35.0 Å². The van der Waals surface area contributed by atoms with Crippen molar-refractivity contribution in [3.05, 3.63) is 70.8 Å². The first-order valence-corrected chi connectivity index (χ1v) is 12.4. The molecule has 0 radical (unpaired) electrons. The van der Waals surface area contributed by atoms with E-state index >= 15 is 0 Å². The highest BCUT2D eigenvalue weighted by Crippen LogP contribution is 2.33. The fourth-order valence-electron chi connectivity index (χ4n) is 5.17. The van der Waals surface area contributed by atoms with Crippen molar-refractivity contribution in [3.8, 4) is 0 Å². The number of carbonyl (C=O) groups is 2. The van der Waals surface area contributed by atoms with Gasteiger partial charge in [0.1, 0.15) is 0 Å². The van der Waals surface area contributed by atoms with E-state index in [1.54, 1.807) is 0 Å². The second-order valence-electron chi connectivity index (χ2n) is 10.4. The predicted molar refractivity (Wildman–Crippen MR) is 134 cm³/mol. The van der Waals surface area contributed by atoms with Crippen LogP contribution in [0.1, 0.15) is 86.3 Å². The number of hydrogen-bond acceptors (Lipinski definition) is 2. The number of carbonyl (C=O) groups excluding carboxylic acids is 1. The normalized spacial score (nSPS) is 15.8. The molecule has 1 saturated heterocycles. The summed E-state index contributed by atoms with van der Waals surface area (Å²) in [4.78, 5) is 27.2. The average Bonchev–Trinajstić information content (AvgIpc) is 2.77. The number of aliphatic carboxylic acids is 1. The highest BCUT2D eigenvalue weighted by Gasteiger charge is 2.26. The number of carboxylic acid groups (broad SMARTS) is 1. The summed E-state index contributed by atoms with van der Waals surface area (Å²) >= 11 is 0. The van der Waals surface area contributed by atoms with Crippen molar-refractivity contribution in [2.45, 2.75) is 65.7 Å². The minimum atomic E-state index is -0.830. The molecule has 1 N–H and O–H groups in total. The van der Waals surface area contributed by atoms with E-state index < -0.39 is 5.97 Å². The van der Waals surface area contributed by atoms with E-state index in [0.717, 1.165) is 49.0 Å². The maximum Gasteiger partial charge on any atom is 0.304 e. The molecular weight excluding hydrogens is 410 g/mol. The van der Waals surface area contributed by atoms with Crippen LogP contribution < -0.4 is 0 Å². The van der Waals surface area contributed by atoms with Gasteiger partial charge in [0.05, 0.1) is 6.42 Å². The molecule has 2 aromatic rings. The summed E-state index contributed by atoms with van der Waals surface area (Å²) in [6.45, 7) is 10.5. The molecule has 1 heterocycles. The lowest BCUT2D eigenvalue weighted by Crippen LogP contribution is -2.38. The van der Waals surface area contributed by atoms with Crippen molar-refractivity contribution in [1.29, 1.82) is 0 Å². The first kappa shape index (κ1) is 25.0. The van der Waals surface area contributed by atoms with Gasteiger partial charge in [-0.15, -0.1) is 0 Å². The van der Waals surface area contributed by atoms with Crippen molar-refractivity contribution >= 4 is 11.9 Å². The molecule has 4 heteroatoms. The van der Waals surface area contributed by atoms with Gasteiger partial charge in [0, 0.05) is 24.6 Å². The van der Waals surface area contributed by atoms with Gasteiger partial charge in [0.25, 0.3) is 5.91 Å². The van der Waals surface area contributed by atoms with E-state index in [9.17, 15) is 14.7 Å². The molecule has 1 aliphatic rings. The Balaban J connectivity index is 1.91. The Kier molecular flexibility index (Phi) is 8.71. The van der Waals surface area contributed by atoms with Crippen LogP contribution in [-0.2, 0) is 11.2 Å². The highest BCUT2D eigenvalue weighted by molar-refractivity contribution is 5.94. The molecule has 1 atom stereocenters. The Bertz CT molecular complexity index is 927. The third-order valence-electron chi connectivity index (χ3n) is 6.68. The smallest absolute Gasteiger partial charge is 0.304 e. The molecule has 1 aliphatic heterocycles. The van der Waals surface area contributed by atoms with Crippen LogP contribution in [0.15, 0.2) is 48.5 Å². The quantitative estimate of drug-likeness (QED) is 0.482. The third-order valence-corrected chi connectivity index (χ3v) is 6.68. The van der Waals surface area contributed by atoms with Crippen molar-refractivity contribution in [1.82, 2.24) is 4.90 Å². The zero-order valence-corrected chi connectivity index (χ0v) is 20.6. The van der Waals surface area contributed by atoms with Gasteiger partial charge in [0.2, 0.25) is 0 Å². The zero-order chi connectivity index (χ0) is 24.0. The maximum absolute atomic E-state index is 13.4. The molecule has 178 valence electrons. The summed E-state index contributed by atoms with van der Waals surface area (Å²) in [5, 5.41) is 9.67. The molecule has 1 amide bonds. The predicted octanol–water partition coefficient (Wildman–Crippen LogP) is 6.39. The molecule has 4 nitrogen and oxygen atoms in total. The van der Waals surface area contributed by atoms with Gasteiger partial charge in [0.15, 0.2) is 0 Å². The minimum Gasteiger partial charge on any atom is -0.481 e. The largest absolute Gasteiger partial charge is 0.481 e. The topological polar surface area (TPSA) is 57.6 Å². The number of piperidine rings is 1. The lowest BCUT2D eigenvalue weighted by molar-refractivity contribution is -0.137. The lowest BCUT2D eigenvalue weighted by atomic mass is 9.82. The standard InChI is InChI=1S/C29H39NO3/c1-20(2)16-22-12-14-30(15-13-22)29(33)25-11-10-24(17-21(3)4)26(18-25)27(19-28(31)32)23-8-6-5-7-9-23/h5-11,18,20-22,27H,12-17,19H2,1-4H3,(H,31,32). The van der Waals surface area contributed by atoms with Gasteiger partial charge in [-0.25, -0.2) is 0 Å². The number of hydrogen-bond donors (Lipinski definition) is 1. The van der Waals surface area contributed by atoms with Crippen LogP contribution in [0.5, 0.6) is 0 Å². The molecule has 0 spiro atoms. The lowest BCUT2D eigenvalue weighted by Gasteiger charge is -2.33.